The van der Waals surface area contributed by atoms with Crippen LogP contribution < -0.4 is 21.8 Å². The quantitative estimate of drug-likeness (QED) is 0.556. The SMILES string of the molecule is Cc1nc2c(C#N)c(C(F)F)nn2c(=NCC(=O)NC2CC2)/c1=C/c1ccc(Cl)cc1/C=C\N. The average molecular weight is 484 g/mol. The fourth-order valence-corrected chi connectivity index (χ4v) is 3.66. The maximum Gasteiger partial charge on any atom is 0.283 e. The Hall–Kier alpha value is -3.84. The minimum atomic E-state index is -2.98. The molecule has 3 aromatic rings. The minimum Gasteiger partial charge on any atom is -0.405 e. The van der Waals surface area contributed by atoms with Crippen LogP contribution in [0.3, 0.4) is 0 Å². The Bertz CT molecular complexity index is 1470. The highest BCUT2D eigenvalue weighted by Crippen LogP contribution is 2.23. The molecule has 1 amide bonds. The second-order valence-electron chi connectivity index (χ2n) is 7.78. The zero-order valence-corrected chi connectivity index (χ0v) is 18.9. The van der Waals surface area contributed by atoms with Crippen molar-refractivity contribution < 1.29 is 13.6 Å². The minimum absolute atomic E-state index is 0.0491. The highest BCUT2D eigenvalue weighted by atomic mass is 35.5. The van der Waals surface area contributed by atoms with E-state index in [0.717, 1.165) is 17.4 Å². The summed E-state index contributed by atoms with van der Waals surface area (Å²) in [5, 5.41) is 17.2. The van der Waals surface area contributed by atoms with Crippen molar-refractivity contribution in [1.29, 1.82) is 5.26 Å². The summed E-state index contributed by atoms with van der Waals surface area (Å²) >= 11 is 6.11. The second-order valence-corrected chi connectivity index (χ2v) is 8.21. The summed E-state index contributed by atoms with van der Waals surface area (Å²) in [4.78, 5) is 21.1. The van der Waals surface area contributed by atoms with E-state index in [2.05, 4.69) is 20.4 Å². The normalized spacial score (nSPS) is 14.9. The number of benzene rings is 1. The van der Waals surface area contributed by atoms with Crippen molar-refractivity contribution in [2.24, 2.45) is 10.7 Å². The molecule has 4 rings (SSSR count). The molecule has 1 aliphatic rings. The maximum atomic E-state index is 13.6. The predicted molar refractivity (Wildman–Crippen MR) is 122 cm³/mol. The van der Waals surface area contributed by atoms with Crippen LogP contribution in [0, 0.1) is 18.3 Å². The van der Waals surface area contributed by atoms with E-state index in [-0.39, 0.29) is 35.2 Å². The average Bonchev–Trinajstić information content (AvgIpc) is 3.52. The molecule has 3 N–H and O–H groups in total. The number of nitrogens with one attached hydrogen (secondary N) is 1. The lowest BCUT2D eigenvalue weighted by Crippen LogP contribution is -2.38. The zero-order chi connectivity index (χ0) is 24.4. The first-order valence-electron chi connectivity index (χ1n) is 10.4. The van der Waals surface area contributed by atoms with Gasteiger partial charge in [0.1, 0.15) is 23.9 Å². The van der Waals surface area contributed by atoms with Crippen molar-refractivity contribution in [2.45, 2.75) is 32.2 Å². The van der Waals surface area contributed by atoms with E-state index in [1.807, 2.05) is 0 Å². The van der Waals surface area contributed by atoms with E-state index in [1.54, 1.807) is 43.3 Å². The van der Waals surface area contributed by atoms with E-state index in [0.29, 0.717) is 27.1 Å². The Morgan fingerprint density at radius 3 is 2.85 bits per heavy atom. The molecule has 11 heteroatoms. The summed E-state index contributed by atoms with van der Waals surface area (Å²) in [6.45, 7) is 1.43. The molecule has 0 saturated heterocycles. The summed E-state index contributed by atoms with van der Waals surface area (Å²) in [5.74, 6) is -0.295. The third kappa shape index (κ3) is 4.75. The van der Waals surface area contributed by atoms with Crippen LogP contribution in [0.25, 0.3) is 17.8 Å². The molecule has 2 aromatic heterocycles. The number of halogens is 3. The number of aromatic nitrogens is 3. The largest absolute Gasteiger partial charge is 0.405 e. The Morgan fingerprint density at radius 2 is 2.21 bits per heavy atom. The molecular weight excluding hydrogens is 464 g/mol. The molecule has 0 bridgehead atoms. The van der Waals surface area contributed by atoms with Crippen molar-refractivity contribution in [3.63, 3.8) is 0 Å². The van der Waals surface area contributed by atoms with E-state index >= 15 is 0 Å². The summed E-state index contributed by atoms with van der Waals surface area (Å²) < 4.78 is 28.3. The molecule has 0 unspecified atom stereocenters. The van der Waals surface area contributed by atoms with Gasteiger partial charge in [-0.3, -0.25) is 9.79 Å². The molecule has 0 spiro atoms. The highest BCUT2D eigenvalue weighted by molar-refractivity contribution is 6.30. The molecular formula is C23H20ClF2N7O. The van der Waals surface area contributed by atoms with Crippen LogP contribution in [0.4, 0.5) is 8.78 Å². The molecule has 1 aliphatic carbocycles. The van der Waals surface area contributed by atoms with Crippen molar-refractivity contribution in [3.8, 4) is 6.07 Å². The van der Waals surface area contributed by atoms with Gasteiger partial charge in [-0.1, -0.05) is 17.7 Å². The zero-order valence-electron chi connectivity index (χ0n) is 18.1. The van der Waals surface area contributed by atoms with Crippen LogP contribution in [0.15, 0.2) is 29.4 Å². The molecule has 1 aromatic carbocycles. The van der Waals surface area contributed by atoms with Gasteiger partial charge in [0.2, 0.25) is 5.91 Å². The van der Waals surface area contributed by atoms with Gasteiger partial charge in [0.25, 0.3) is 6.43 Å². The van der Waals surface area contributed by atoms with E-state index in [1.165, 1.54) is 6.20 Å². The van der Waals surface area contributed by atoms with Crippen LogP contribution in [-0.4, -0.2) is 33.1 Å². The number of carbonyl (C=O) groups excluding carboxylic acids is 1. The number of alkyl halides is 2. The van der Waals surface area contributed by atoms with Crippen LogP contribution in [-0.2, 0) is 4.79 Å². The van der Waals surface area contributed by atoms with Crippen LogP contribution >= 0.6 is 11.6 Å². The maximum absolute atomic E-state index is 13.6. The molecule has 174 valence electrons. The van der Waals surface area contributed by atoms with Crippen molar-refractivity contribution in [1.82, 2.24) is 19.9 Å². The van der Waals surface area contributed by atoms with Gasteiger partial charge in [0, 0.05) is 16.3 Å². The van der Waals surface area contributed by atoms with Gasteiger partial charge in [-0.2, -0.15) is 14.9 Å². The fraction of sp³-hybridized carbons (Fsp3) is 0.261. The summed E-state index contributed by atoms with van der Waals surface area (Å²) in [7, 11) is 0. The van der Waals surface area contributed by atoms with Crippen molar-refractivity contribution in [2.75, 3.05) is 6.54 Å². The van der Waals surface area contributed by atoms with Gasteiger partial charge in [0.05, 0.1) is 5.69 Å². The number of hydrogen-bond acceptors (Lipinski definition) is 6. The van der Waals surface area contributed by atoms with Crippen LogP contribution in [0.1, 0.15) is 47.3 Å². The van der Waals surface area contributed by atoms with Gasteiger partial charge in [-0.25, -0.2) is 13.8 Å². The number of nitrogens with two attached hydrogens (primary N) is 1. The molecule has 8 nitrogen and oxygen atoms in total. The van der Waals surface area contributed by atoms with Gasteiger partial charge in [-0.05, 0) is 61.4 Å². The number of nitriles is 1. The van der Waals surface area contributed by atoms with E-state index in [9.17, 15) is 18.8 Å². The smallest absolute Gasteiger partial charge is 0.283 e. The van der Waals surface area contributed by atoms with Gasteiger partial charge >= 0.3 is 0 Å². The topological polar surface area (TPSA) is 121 Å². The van der Waals surface area contributed by atoms with Crippen LogP contribution in [0.2, 0.25) is 5.02 Å². The molecule has 34 heavy (non-hydrogen) atoms. The molecule has 0 aliphatic heterocycles. The van der Waals surface area contributed by atoms with E-state index in [4.69, 9.17) is 17.3 Å². The lowest BCUT2D eigenvalue weighted by Gasteiger charge is -2.05. The molecule has 0 atom stereocenters. The van der Waals surface area contributed by atoms with Gasteiger partial charge < -0.3 is 11.1 Å². The van der Waals surface area contributed by atoms with Gasteiger partial charge in [0.15, 0.2) is 11.1 Å². The first kappa shape index (κ1) is 23.3. The standard InChI is InChI=1S/C23H20ClF2N7O/c1-12-17(9-13-2-3-15(24)8-14(13)6-7-27)22(29-11-19(34)31-16-4-5-16)33-23(30-12)18(10-28)20(32-33)21(25)26/h2-3,6-9,16,21H,4-5,11,27H2,1H3,(H,31,34)/b7-6-,17-9+,29-22?. The first-order valence-corrected chi connectivity index (χ1v) is 10.8. The van der Waals surface area contributed by atoms with E-state index < -0.39 is 12.1 Å². The third-order valence-electron chi connectivity index (χ3n) is 5.25. The monoisotopic (exact) mass is 483 g/mol. The summed E-state index contributed by atoms with van der Waals surface area (Å²) in [6, 6.07) is 7.08. The Morgan fingerprint density at radius 1 is 1.44 bits per heavy atom. The molecule has 1 saturated carbocycles. The highest BCUT2D eigenvalue weighted by Gasteiger charge is 2.24. The Balaban J connectivity index is 2.01. The number of carbonyl (C=O) groups is 1. The number of rotatable bonds is 6. The number of aryl methyl sites for hydroxylation is 1. The van der Waals surface area contributed by atoms with Crippen molar-refractivity contribution >= 4 is 35.3 Å². The first-order chi connectivity index (χ1) is 16.3. The number of nitrogens with zero attached hydrogens (tertiary/aromatic N) is 5. The lowest BCUT2D eigenvalue weighted by molar-refractivity contribution is -0.119. The fourth-order valence-electron chi connectivity index (χ4n) is 3.48. The Labute approximate surface area is 198 Å². The van der Waals surface area contributed by atoms with Gasteiger partial charge in [-0.15, -0.1) is 0 Å². The van der Waals surface area contributed by atoms with Crippen LogP contribution in [0.5, 0.6) is 0 Å². The second kappa shape index (κ2) is 9.57. The lowest BCUT2D eigenvalue weighted by atomic mass is 10.1. The molecule has 0 radical (unpaired) electrons. The molecule has 1 fully saturated rings. The number of hydrogen-bond donors (Lipinski definition) is 2. The number of fused-ring (bicyclic) bond motifs is 1. The third-order valence-corrected chi connectivity index (χ3v) is 5.49. The van der Waals surface area contributed by atoms with Crippen molar-refractivity contribution in [3.05, 3.63) is 68.2 Å². The number of amides is 1. The molecule has 2 heterocycles. The summed E-state index contributed by atoms with van der Waals surface area (Å²) in [5.41, 5.74) is 6.46. The summed E-state index contributed by atoms with van der Waals surface area (Å²) in [6.07, 6.45) is 3.62. The predicted octanol–water partition coefficient (Wildman–Crippen LogP) is 2.16. The Kier molecular flexibility index (Phi) is 6.56.